The summed E-state index contributed by atoms with van der Waals surface area (Å²) < 4.78 is 28.4. The zero-order valence-corrected chi connectivity index (χ0v) is 16.3. The van der Waals surface area contributed by atoms with E-state index in [1.807, 2.05) is 30.3 Å². The number of carbonyl (C=O) groups excluding carboxylic acids is 2. The number of amides is 1. The summed E-state index contributed by atoms with van der Waals surface area (Å²) in [6.07, 6.45) is 0.346. The van der Waals surface area contributed by atoms with Crippen LogP contribution in [0.1, 0.15) is 23.7 Å². The van der Waals surface area contributed by atoms with Gasteiger partial charge in [0.05, 0.1) is 28.3 Å². The molecule has 3 rings (SSSR count). The van der Waals surface area contributed by atoms with Crippen LogP contribution in [0.15, 0.2) is 54.6 Å². The van der Waals surface area contributed by atoms with E-state index >= 15 is 0 Å². The van der Waals surface area contributed by atoms with Crippen LogP contribution >= 0.6 is 0 Å². The third kappa shape index (κ3) is 5.10. The number of benzene rings is 2. The van der Waals surface area contributed by atoms with Crippen molar-refractivity contribution < 1.29 is 22.7 Å². The molecule has 28 heavy (non-hydrogen) atoms. The average molecular weight is 402 g/mol. The van der Waals surface area contributed by atoms with E-state index in [2.05, 4.69) is 10.6 Å². The van der Waals surface area contributed by atoms with E-state index in [0.717, 1.165) is 5.69 Å². The molecule has 1 aliphatic rings. The predicted octanol–water partition coefficient (Wildman–Crippen LogP) is 2.28. The average Bonchev–Trinajstić information content (AvgIpc) is 2.93. The highest BCUT2D eigenvalue weighted by Gasteiger charge is 2.39. The van der Waals surface area contributed by atoms with E-state index in [1.165, 1.54) is 0 Å². The number of carbonyl (C=O) groups is 2. The lowest BCUT2D eigenvalue weighted by Crippen LogP contribution is -2.48. The molecule has 7 nitrogen and oxygen atoms in total. The number of nitrogens with one attached hydrogen (secondary N) is 2. The molecule has 1 saturated heterocycles. The zero-order valence-electron chi connectivity index (χ0n) is 15.5. The first-order chi connectivity index (χ1) is 13.3. The highest BCUT2D eigenvalue weighted by Crippen LogP contribution is 2.23. The van der Waals surface area contributed by atoms with Crippen molar-refractivity contribution >= 4 is 33.1 Å². The maximum atomic E-state index is 12.4. The Hall–Kier alpha value is -2.87. The van der Waals surface area contributed by atoms with Crippen LogP contribution in [0.2, 0.25) is 0 Å². The van der Waals surface area contributed by atoms with Gasteiger partial charge in [0.2, 0.25) is 0 Å². The van der Waals surface area contributed by atoms with Gasteiger partial charge in [-0.3, -0.25) is 4.79 Å². The van der Waals surface area contributed by atoms with Crippen molar-refractivity contribution in [3.05, 3.63) is 60.2 Å². The fourth-order valence-electron chi connectivity index (χ4n) is 3.14. The second kappa shape index (κ2) is 8.02. The van der Waals surface area contributed by atoms with E-state index in [4.69, 9.17) is 4.74 Å². The topological polar surface area (TPSA) is 102 Å². The summed E-state index contributed by atoms with van der Waals surface area (Å²) in [5.41, 5.74) is 0.854. The molecule has 1 aliphatic heterocycles. The summed E-state index contributed by atoms with van der Waals surface area (Å²) in [7, 11) is -3.14. The maximum absolute atomic E-state index is 12.4. The molecule has 1 atom stereocenters. The van der Waals surface area contributed by atoms with E-state index < -0.39 is 33.9 Å². The highest BCUT2D eigenvalue weighted by molar-refractivity contribution is 7.91. The first-order valence-corrected chi connectivity index (χ1v) is 10.7. The third-order valence-electron chi connectivity index (χ3n) is 4.48. The molecule has 8 heteroatoms. The van der Waals surface area contributed by atoms with Crippen molar-refractivity contribution in [2.45, 2.75) is 18.9 Å². The summed E-state index contributed by atoms with van der Waals surface area (Å²) in [4.78, 5) is 24.6. The Morgan fingerprint density at radius 1 is 1.07 bits per heavy atom. The standard InChI is InChI=1S/C20H22N2O5S/c1-20(11-12-28(25,26)14-20)22-18(23)13-27-19(24)16-9-5-6-10-17(16)21-15-7-3-2-4-8-15/h2-10,21H,11-14H2,1H3,(H,22,23)/t20-/m1/s1. The number of sulfone groups is 1. The van der Waals surface area contributed by atoms with Gasteiger partial charge in [0.25, 0.3) is 5.91 Å². The minimum Gasteiger partial charge on any atom is -0.452 e. The Bertz CT molecular complexity index is 975. The Morgan fingerprint density at radius 3 is 2.43 bits per heavy atom. The van der Waals surface area contributed by atoms with Gasteiger partial charge in [0.15, 0.2) is 16.4 Å². The molecule has 0 radical (unpaired) electrons. The zero-order chi connectivity index (χ0) is 20.2. The molecule has 1 amide bonds. The van der Waals surface area contributed by atoms with Crippen molar-refractivity contribution in [1.82, 2.24) is 5.32 Å². The molecule has 1 fully saturated rings. The Morgan fingerprint density at radius 2 is 1.75 bits per heavy atom. The number of ether oxygens (including phenoxy) is 1. The Kier molecular flexibility index (Phi) is 5.69. The molecule has 2 aromatic rings. The monoisotopic (exact) mass is 402 g/mol. The van der Waals surface area contributed by atoms with Crippen molar-refractivity contribution in [3.63, 3.8) is 0 Å². The number of hydrogen-bond acceptors (Lipinski definition) is 6. The number of para-hydroxylation sites is 2. The van der Waals surface area contributed by atoms with Crippen LogP contribution in [0.25, 0.3) is 0 Å². The van der Waals surface area contributed by atoms with E-state index in [1.54, 1.807) is 31.2 Å². The minimum atomic E-state index is -3.14. The molecule has 0 bridgehead atoms. The summed E-state index contributed by atoms with van der Waals surface area (Å²) >= 11 is 0. The normalized spacial score (nSPS) is 20.3. The summed E-state index contributed by atoms with van der Waals surface area (Å²) in [6, 6.07) is 16.2. The lowest BCUT2D eigenvalue weighted by Gasteiger charge is -2.23. The summed E-state index contributed by atoms with van der Waals surface area (Å²) in [5, 5.41) is 5.81. The fraction of sp³-hybridized carbons (Fsp3) is 0.300. The van der Waals surface area contributed by atoms with Gasteiger partial charge >= 0.3 is 5.97 Å². The number of hydrogen-bond donors (Lipinski definition) is 2. The van der Waals surface area contributed by atoms with Gasteiger partial charge < -0.3 is 15.4 Å². The molecule has 2 N–H and O–H groups in total. The van der Waals surface area contributed by atoms with Crippen molar-refractivity contribution in [3.8, 4) is 0 Å². The molecular weight excluding hydrogens is 380 g/mol. The van der Waals surface area contributed by atoms with Crippen LogP contribution in [-0.2, 0) is 19.4 Å². The third-order valence-corrected chi connectivity index (χ3v) is 6.38. The lowest BCUT2D eigenvalue weighted by molar-refractivity contribution is -0.125. The van der Waals surface area contributed by atoms with Gasteiger partial charge in [-0.25, -0.2) is 13.2 Å². The Labute approximate surface area is 164 Å². The summed E-state index contributed by atoms with van der Waals surface area (Å²) in [6.45, 7) is 1.20. The van der Waals surface area contributed by atoms with Gasteiger partial charge in [-0.1, -0.05) is 30.3 Å². The lowest BCUT2D eigenvalue weighted by atomic mass is 10.0. The minimum absolute atomic E-state index is 0.0437. The van der Waals surface area contributed by atoms with Gasteiger partial charge in [0.1, 0.15) is 0 Å². The first kappa shape index (κ1) is 19.9. The SMILES string of the molecule is C[C@@]1(NC(=O)COC(=O)c2ccccc2Nc2ccccc2)CCS(=O)(=O)C1. The highest BCUT2D eigenvalue weighted by atomic mass is 32.2. The molecule has 0 aromatic heterocycles. The number of anilines is 2. The molecule has 0 spiro atoms. The van der Waals surface area contributed by atoms with E-state index in [9.17, 15) is 18.0 Å². The van der Waals surface area contributed by atoms with Crippen LogP contribution in [0.5, 0.6) is 0 Å². The molecule has 0 unspecified atom stereocenters. The quantitative estimate of drug-likeness (QED) is 0.719. The van der Waals surface area contributed by atoms with Crippen LogP contribution in [0.4, 0.5) is 11.4 Å². The predicted molar refractivity (Wildman–Crippen MR) is 106 cm³/mol. The van der Waals surface area contributed by atoms with Crippen LogP contribution in [-0.4, -0.2) is 43.9 Å². The van der Waals surface area contributed by atoms with Gasteiger partial charge in [0, 0.05) is 5.69 Å². The smallest absolute Gasteiger partial charge is 0.340 e. The van der Waals surface area contributed by atoms with E-state index in [0.29, 0.717) is 17.7 Å². The second-order valence-corrected chi connectivity index (χ2v) is 9.25. The molecule has 0 aliphatic carbocycles. The molecule has 148 valence electrons. The number of rotatable bonds is 6. The van der Waals surface area contributed by atoms with Crippen LogP contribution < -0.4 is 10.6 Å². The van der Waals surface area contributed by atoms with Crippen LogP contribution in [0, 0.1) is 0 Å². The molecule has 1 heterocycles. The van der Waals surface area contributed by atoms with Gasteiger partial charge in [-0.05, 0) is 37.6 Å². The van der Waals surface area contributed by atoms with Crippen molar-refractivity contribution in [2.75, 3.05) is 23.4 Å². The van der Waals surface area contributed by atoms with Crippen LogP contribution in [0.3, 0.4) is 0 Å². The van der Waals surface area contributed by atoms with Gasteiger partial charge in [-0.15, -0.1) is 0 Å². The molecular formula is C20H22N2O5S. The maximum Gasteiger partial charge on any atom is 0.340 e. The number of esters is 1. The van der Waals surface area contributed by atoms with Crippen molar-refractivity contribution in [1.29, 1.82) is 0 Å². The van der Waals surface area contributed by atoms with E-state index in [-0.39, 0.29) is 11.5 Å². The molecule has 2 aromatic carbocycles. The molecule has 0 saturated carbocycles. The Balaban J connectivity index is 1.60. The van der Waals surface area contributed by atoms with Crippen molar-refractivity contribution in [2.24, 2.45) is 0 Å². The fourth-order valence-corrected chi connectivity index (χ4v) is 5.23. The summed E-state index contributed by atoms with van der Waals surface area (Å²) in [5.74, 6) is -1.23. The second-order valence-electron chi connectivity index (χ2n) is 7.06. The first-order valence-electron chi connectivity index (χ1n) is 8.86. The van der Waals surface area contributed by atoms with Gasteiger partial charge in [-0.2, -0.15) is 0 Å². The largest absolute Gasteiger partial charge is 0.452 e.